The summed E-state index contributed by atoms with van der Waals surface area (Å²) in [7, 11) is 1.69. The molecule has 1 N–H and O–H groups in total. The van der Waals surface area contributed by atoms with Crippen LogP contribution in [0.3, 0.4) is 0 Å². The van der Waals surface area contributed by atoms with Gasteiger partial charge in [0.15, 0.2) is 0 Å². The zero-order chi connectivity index (χ0) is 14.5. The molecule has 1 aromatic carbocycles. The first-order chi connectivity index (χ1) is 8.96. The van der Waals surface area contributed by atoms with Crippen LogP contribution in [0, 0.1) is 6.92 Å². The van der Waals surface area contributed by atoms with Crippen molar-refractivity contribution in [2.75, 3.05) is 20.3 Å². The maximum absolute atomic E-state index is 5.92. The molecule has 1 aromatic rings. The molecule has 1 rings (SSSR count). The number of aryl methyl sites for hydroxylation is 1. The summed E-state index contributed by atoms with van der Waals surface area (Å²) >= 11 is 0. The molecular weight excluding hydrogens is 238 g/mol. The van der Waals surface area contributed by atoms with Crippen LogP contribution in [-0.2, 0) is 4.74 Å². The van der Waals surface area contributed by atoms with Crippen molar-refractivity contribution in [1.29, 1.82) is 0 Å². The average molecular weight is 265 g/mol. The Morgan fingerprint density at radius 3 is 2.42 bits per heavy atom. The molecule has 0 heterocycles. The summed E-state index contributed by atoms with van der Waals surface area (Å²) < 4.78 is 11.2. The Labute approximate surface area is 117 Å². The lowest BCUT2D eigenvalue weighted by Gasteiger charge is -2.36. The van der Waals surface area contributed by atoms with Crippen LogP contribution in [-0.4, -0.2) is 25.9 Å². The third-order valence-electron chi connectivity index (χ3n) is 3.41. The molecule has 0 saturated carbocycles. The van der Waals surface area contributed by atoms with E-state index in [1.807, 2.05) is 13.0 Å². The number of hydrogen-bond acceptors (Lipinski definition) is 3. The molecule has 1 atom stereocenters. The Balaban J connectivity index is 3.11. The highest BCUT2D eigenvalue weighted by Gasteiger charge is 2.31. The molecule has 0 saturated heterocycles. The molecule has 1 unspecified atom stereocenters. The summed E-state index contributed by atoms with van der Waals surface area (Å²) in [6.45, 7) is 12.2. The highest BCUT2D eigenvalue weighted by molar-refractivity contribution is 5.37. The second-order valence-electron chi connectivity index (χ2n) is 5.25. The standard InChI is InChI=1S/C16H27NO2/c1-7-17-15(16(4,5)19-8-2)14-10-9-13(18-6)11-12(14)3/h9-11,15,17H,7-8H2,1-6H3. The second kappa shape index (κ2) is 6.92. The van der Waals surface area contributed by atoms with Gasteiger partial charge in [0.25, 0.3) is 0 Å². The summed E-state index contributed by atoms with van der Waals surface area (Å²) in [5, 5.41) is 3.54. The molecule has 108 valence electrons. The van der Waals surface area contributed by atoms with Gasteiger partial charge in [0.05, 0.1) is 18.8 Å². The van der Waals surface area contributed by atoms with E-state index in [2.05, 4.69) is 45.1 Å². The average Bonchev–Trinajstić information content (AvgIpc) is 2.36. The van der Waals surface area contributed by atoms with E-state index in [4.69, 9.17) is 9.47 Å². The number of hydrogen-bond donors (Lipinski definition) is 1. The zero-order valence-electron chi connectivity index (χ0n) is 13.0. The van der Waals surface area contributed by atoms with Crippen LogP contribution < -0.4 is 10.1 Å². The minimum Gasteiger partial charge on any atom is -0.497 e. The van der Waals surface area contributed by atoms with Crippen molar-refractivity contribution in [3.63, 3.8) is 0 Å². The van der Waals surface area contributed by atoms with Crippen molar-refractivity contribution in [2.45, 2.75) is 46.3 Å². The Kier molecular flexibility index (Phi) is 5.83. The minimum absolute atomic E-state index is 0.170. The molecule has 3 heteroatoms. The van der Waals surface area contributed by atoms with Crippen LogP contribution in [0.25, 0.3) is 0 Å². The van der Waals surface area contributed by atoms with Crippen molar-refractivity contribution in [3.8, 4) is 5.75 Å². The molecule has 3 nitrogen and oxygen atoms in total. The van der Waals surface area contributed by atoms with E-state index in [1.54, 1.807) is 7.11 Å². The minimum atomic E-state index is -0.246. The SMILES string of the molecule is CCNC(c1ccc(OC)cc1C)C(C)(C)OCC. The number of rotatable bonds is 7. The Morgan fingerprint density at radius 2 is 1.95 bits per heavy atom. The molecule has 0 aliphatic carbocycles. The first kappa shape index (κ1) is 16.0. The van der Waals surface area contributed by atoms with Crippen molar-refractivity contribution in [2.24, 2.45) is 0 Å². The highest BCUT2D eigenvalue weighted by atomic mass is 16.5. The smallest absolute Gasteiger partial charge is 0.119 e. The van der Waals surface area contributed by atoms with E-state index < -0.39 is 0 Å². The van der Waals surface area contributed by atoms with Gasteiger partial charge in [-0.15, -0.1) is 0 Å². The summed E-state index contributed by atoms with van der Waals surface area (Å²) in [5.41, 5.74) is 2.24. The van der Waals surface area contributed by atoms with E-state index in [9.17, 15) is 0 Å². The molecule has 19 heavy (non-hydrogen) atoms. The van der Waals surface area contributed by atoms with Gasteiger partial charge in [0, 0.05) is 6.61 Å². The Morgan fingerprint density at radius 1 is 1.26 bits per heavy atom. The van der Waals surface area contributed by atoms with Gasteiger partial charge in [-0.1, -0.05) is 13.0 Å². The van der Waals surface area contributed by atoms with Gasteiger partial charge in [0.1, 0.15) is 5.75 Å². The van der Waals surface area contributed by atoms with Crippen molar-refractivity contribution >= 4 is 0 Å². The fourth-order valence-electron chi connectivity index (χ4n) is 2.49. The van der Waals surface area contributed by atoms with Gasteiger partial charge < -0.3 is 14.8 Å². The molecule has 0 spiro atoms. The van der Waals surface area contributed by atoms with Crippen molar-refractivity contribution in [1.82, 2.24) is 5.32 Å². The lowest BCUT2D eigenvalue weighted by Crippen LogP contribution is -2.42. The van der Waals surface area contributed by atoms with Crippen LogP contribution >= 0.6 is 0 Å². The fraction of sp³-hybridized carbons (Fsp3) is 0.625. The monoisotopic (exact) mass is 265 g/mol. The summed E-state index contributed by atoms with van der Waals surface area (Å²) in [4.78, 5) is 0. The van der Waals surface area contributed by atoms with Crippen LogP contribution in [0.2, 0.25) is 0 Å². The molecule has 0 bridgehead atoms. The molecular formula is C16H27NO2. The number of likely N-dealkylation sites (N-methyl/N-ethyl adjacent to an activating group) is 1. The normalized spacial score (nSPS) is 13.4. The number of methoxy groups -OCH3 is 1. The first-order valence-electron chi connectivity index (χ1n) is 6.98. The second-order valence-corrected chi connectivity index (χ2v) is 5.25. The maximum atomic E-state index is 5.92. The van der Waals surface area contributed by atoms with E-state index in [0.717, 1.165) is 12.3 Å². The first-order valence-corrected chi connectivity index (χ1v) is 6.98. The quantitative estimate of drug-likeness (QED) is 0.819. The summed E-state index contributed by atoms with van der Waals surface area (Å²) in [6, 6.07) is 6.38. The summed E-state index contributed by atoms with van der Waals surface area (Å²) in [5.74, 6) is 0.894. The van der Waals surface area contributed by atoms with Crippen LogP contribution in [0.5, 0.6) is 5.75 Å². The number of ether oxygens (including phenoxy) is 2. The molecule has 0 radical (unpaired) electrons. The van der Waals surface area contributed by atoms with Gasteiger partial charge in [-0.05, 0) is 57.5 Å². The third kappa shape index (κ3) is 3.95. The van der Waals surface area contributed by atoms with E-state index in [1.165, 1.54) is 11.1 Å². The highest BCUT2D eigenvalue weighted by Crippen LogP contribution is 2.32. The summed E-state index contributed by atoms with van der Waals surface area (Å²) in [6.07, 6.45) is 0. The lowest BCUT2D eigenvalue weighted by atomic mass is 9.88. The van der Waals surface area contributed by atoms with Crippen molar-refractivity contribution < 1.29 is 9.47 Å². The molecule has 0 amide bonds. The largest absolute Gasteiger partial charge is 0.497 e. The number of benzene rings is 1. The number of nitrogens with one attached hydrogen (secondary N) is 1. The fourth-order valence-corrected chi connectivity index (χ4v) is 2.49. The Hall–Kier alpha value is -1.06. The van der Waals surface area contributed by atoms with Crippen molar-refractivity contribution in [3.05, 3.63) is 29.3 Å². The van der Waals surface area contributed by atoms with Crippen LogP contribution in [0.1, 0.15) is 44.9 Å². The molecule has 0 aliphatic heterocycles. The van der Waals surface area contributed by atoms with Gasteiger partial charge in [-0.2, -0.15) is 0 Å². The van der Waals surface area contributed by atoms with Gasteiger partial charge >= 0.3 is 0 Å². The van der Waals surface area contributed by atoms with Gasteiger partial charge in [0.2, 0.25) is 0 Å². The van der Waals surface area contributed by atoms with E-state index in [0.29, 0.717) is 6.61 Å². The maximum Gasteiger partial charge on any atom is 0.119 e. The van der Waals surface area contributed by atoms with Gasteiger partial charge in [-0.25, -0.2) is 0 Å². The molecule has 0 aliphatic rings. The molecule has 0 fully saturated rings. The van der Waals surface area contributed by atoms with E-state index in [-0.39, 0.29) is 11.6 Å². The predicted octanol–water partition coefficient (Wildman–Crippen LogP) is 3.47. The predicted molar refractivity (Wildman–Crippen MR) is 79.9 cm³/mol. The van der Waals surface area contributed by atoms with Crippen LogP contribution in [0.15, 0.2) is 18.2 Å². The zero-order valence-corrected chi connectivity index (χ0v) is 13.0. The third-order valence-corrected chi connectivity index (χ3v) is 3.41. The lowest BCUT2D eigenvalue weighted by molar-refractivity contribution is -0.0390. The Bertz CT molecular complexity index is 402. The topological polar surface area (TPSA) is 30.5 Å². The van der Waals surface area contributed by atoms with Gasteiger partial charge in [-0.3, -0.25) is 0 Å². The van der Waals surface area contributed by atoms with E-state index >= 15 is 0 Å². The molecule has 0 aromatic heterocycles. The van der Waals surface area contributed by atoms with Crippen LogP contribution in [0.4, 0.5) is 0 Å².